The van der Waals surface area contributed by atoms with Gasteiger partial charge in [0.1, 0.15) is 5.82 Å². The van der Waals surface area contributed by atoms with E-state index in [9.17, 15) is 10.1 Å². The summed E-state index contributed by atoms with van der Waals surface area (Å²) in [6, 6.07) is 7.00. The Labute approximate surface area is 116 Å². The zero-order chi connectivity index (χ0) is 13.9. The number of nitrogens with one attached hydrogen (secondary N) is 2. The molecule has 6 nitrogen and oxygen atoms in total. The molecule has 1 saturated heterocycles. The quantitative estimate of drug-likeness (QED) is 0.660. The zero-order valence-corrected chi connectivity index (χ0v) is 11.0. The number of nitro groups is 1. The summed E-state index contributed by atoms with van der Waals surface area (Å²) in [5.74, 6) is 0.956. The van der Waals surface area contributed by atoms with Crippen LogP contribution in [-0.4, -0.2) is 27.5 Å². The molecule has 1 atom stereocenters. The molecule has 1 aromatic heterocycles. The lowest BCUT2D eigenvalue weighted by atomic mass is 10.1. The Balaban J connectivity index is 1.73. The monoisotopic (exact) mass is 272 g/mol. The summed E-state index contributed by atoms with van der Waals surface area (Å²) in [5.41, 5.74) is 1.91. The van der Waals surface area contributed by atoms with Crippen LogP contribution in [0, 0.1) is 10.1 Å². The number of aromatic nitrogens is 2. The second-order valence-electron chi connectivity index (χ2n) is 5.04. The first-order chi connectivity index (χ1) is 9.72. The summed E-state index contributed by atoms with van der Waals surface area (Å²) in [5, 5.41) is 14.1. The lowest BCUT2D eigenvalue weighted by Gasteiger charge is -2.06. The summed E-state index contributed by atoms with van der Waals surface area (Å²) in [7, 11) is 0. The number of nitro benzene ring substituents is 1. The van der Waals surface area contributed by atoms with E-state index in [1.54, 1.807) is 18.3 Å². The van der Waals surface area contributed by atoms with Crippen LogP contribution >= 0.6 is 0 Å². The van der Waals surface area contributed by atoms with Gasteiger partial charge in [-0.3, -0.25) is 10.1 Å². The van der Waals surface area contributed by atoms with E-state index < -0.39 is 4.92 Å². The molecule has 3 rings (SSSR count). The molecule has 1 aliphatic heterocycles. The Morgan fingerprint density at radius 3 is 2.80 bits per heavy atom. The van der Waals surface area contributed by atoms with Crippen molar-refractivity contribution in [3.63, 3.8) is 0 Å². The summed E-state index contributed by atoms with van der Waals surface area (Å²) in [6.07, 6.45) is 5.09. The van der Waals surface area contributed by atoms with Crippen molar-refractivity contribution >= 4 is 5.69 Å². The minimum Gasteiger partial charge on any atom is -0.342 e. The van der Waals surface area contributed by atoms with Crippen molar-refractivity contribution in [2.45, 2.75) is 25.3 Å². The van der Waals surface area contributed by atoms with Gasteiger partial charge < -0.3 is 10.3 Å². The number of aromatic amines is 1. The maximum Gasteiger partial charge on any atom is 0.269 e. The molecule has 1 unspecified atom stereocenters. The molecule has 2 N–H and O–H groups in total. The summed E-state index contributed by atoms with van der Waals surface area (Å²) < 4.78 is 0. The first kappa shape index (κ1) is 12.8. The van der Waals surface area contributed by atoms with Crippen LogP contribution in [-0.2, 0) is 6.42 Å². The standard InChI is InChI=1S/C14H16N4O2/c19-18(20)12-5-3-10(4-6-12)13-9-16-14(17-13)8-11-2-1-7-15-11/h3-6,9,11,15H,1-2,7-8H2,(H,16,17). The number of nitrogens with zero attached hydrogens (tertiary/aromatic N) is 2. The molecule has 0 aliphatic carbocycles. The predicted molar refractivity (Wildman–Crippen MR) is 75.4 cm³/mol. The van der Waals surface area contributed by atoms with Crippen LogP contribution in [0.2, 0.25) is 0 Å². The number of benzene rings is 1. The third-order valence-electron chi connectivity index (χ3n) is 3.62. The highest BCUT2D eigenvalue weighted by atomic mass is 16.6. The molecular weight excluding hydrogens is 256 g/mol. The van der Waals surface area contributed by atoms with Crippen molar-refractivity contribution in [2.24, 2.45) is 0 Å². The highest BCUT2D eigenvalue weighted by Gasteiger charge is 2.16. The van der Waals surface area contributed by atoms with Crippen molar-refractivity contribution in [3.05, 3.63) is 46.4 Å². The minimum atomic E-state index is -0.395. The average molecular weight is 272 g/mol. The van der Waals surface area contributed by atoms with Crippen LogP contribution in [0.1, 0.15) is 18.7 Å². The van der Waals surface area contributed by atoms with Gasteiger partial charge in [0.25, 0.3) is 5.69 Å². The van der Waals surface area contributed by atoms with Gasteiger partial charge in [0.15, 0.2) is 0 Å². The molecule has 0 radical (unpaired) electrons. The van der Waals surface area contributed by atoms with Gasteiger partial charge in [0.05, 0.1) is 16.8 Å². The van der Waals surface area contributed by atoms with Crippen molar-refractivity contribution in [3.8, 4) is 11.3 Å². The fourth-order valence-electron chi connectivity index (χ4n) is 2.54. The van der Waals surface area contributed by atoms with Crippen LogP contribution in [0.25, 0.3) is 11.3 Å². The molecule has 1 aromatic carbocycles. The highest BCUT2D eigenvalue weighted by Crippen LogP contribution is 2.21. The second-order valence-corrected chi connectivity index (χ2v) is 5.04. The predicted octanol–water partition coefficient (Wildman–Crippen LogP) is 2.28. The molecule has 0 spiro atoms. The molecule has 1 aliphatic rings. The molecule has 0 saturated carbocycles. The molecule has 2 aromatic rings. The Bertz CT molecular complexity index is 600. The van der Waals surface area contributed by atoms with Gasteiger partial charge in [0.2, 0.25) is 0 Å². The summed E-state index contributed by atoms with van der Waals surface area (Å²) in [4.78, 5) is 17.9. The average Bonchev–Trinajstić information content (AvgIpc) is 3.11. The molecule has 0 amide bonds. The lowest BCUT2D eigenvalue weighted by molar-refractivity contribution is -0.384. The van der Waals surface area contributed by atoms with E-state index in [0.717, 1.165) is 30.0 Å². The Morgan fingerprint density at radius 1 is 1.35 bits per heavy atom. The second kappa shape index (κ2) is 5.42. The SMILES string of the molecule is O=[N+]([O-])c1ccc(-c2cnc(CC3CCCN3)[nH]2)cc1. The maximum atomic E-state index is 10.6. The lowest BCUT2D eigenvalue weighted by Crippen LogP contribution is -2.24. The number of non-ortho nitro benzene ring substituents is 1. The number of rotatable bonds is 4. The van der Waals surface area contributed by atoms with Crippen LogP contribution in [0.3, 0.4) is 0 Å². The van der Waals surface area contributed by atoms with Crippen molar-refractivity contribution < 1.29 is 4.92 Å². The first-order valence-electron chi connectivity index (χ1n) is 6.74. The van der Waals surface area contributed by atoms with E-state index in [1.807, 2.05) is 0 Å². The largest absolute Gasteiger partial charge is 0.342 e. The van der Waals surface area contributed by atoms with Crippen molar-refractivity contribution in [2.75, 3.05) is 6.54 Å². The van der Waals surface area contributed by atoms with Crippen molar-refractivity contribution in [1.29, 1.82) is 0 Å². The molecular formula is C14H16N4O2. The maximum absolute atomic E-state index is 10.6. The van der Waals surface area contributed by atoms with E-state index in [2.05, 4.69) is 15.3 Å². The molecule has 6 heteroatoms. The topological polar surface area (TPSA) is 83.8 Å². The molecule has 1 fully saturated rings. The third-order valence-corrected chi connectivity index (χ3v) is 3.62. The van der Waals surface area contributed by atoms with Gasteiger partial charge in [0, 0.05) is 30.2 Å². The van der Waals surface area contributed by atoms with E-state index in [0.29, 0.717) is 6.04 Å². The van der Waals surface area contributed by atoms with E-state index in [1.165, 1.54) is 25.0 Å². The van der Waals surface area contributed by atoms with E-state index in [-0.39, 0.29) is 5.69 Å². The normalized spacial score (nSPS) is 18.3. The molecule has 20 heavy (non-hydrogen) atoms. The fraction of sp³-hybridized carbons (Fsp3) is 0.357. The van der Waals surface area contributed by atoms with Crippen LogP contribution < -0.4 is 5.32 Å². The molecule has 2 heterocycles. The summed E-state index contributed by atoms with van der Waals surface area (Å²) in [6.45, 7) is 1.08. The van der Waals surface area contributed by atoms with Crippen LogP contribution in [0.5, 0.6) is 0 Å². The highest BCUT2D eigenvalue weighted by molar-refractivity contribution is 5.60. The van der Waals surface area contributed by atoms with Crippen LogP contribution in [0.4, 0.5) is 5.69 Å². The fourth-order valence-corrected chi connectivity index (χ4v) is 2.54. The van der Waals surface area contributed by atoms with Gasteiger partial charge in [-0.15, -0.1) is 0 Å². The van der Waals surface area contributed by atoms with Gasteiger partial charge in [-0.2, -0.15) is 0 Å². The number of hydrogen-bond donors (Lipinski definition) is 2. The Kier molecular flexibility index (Phi) is 3.47. The van der Waals surface area contributed by atoms with Crippen molar-refractivity contribution in [1.82, 2.24) is 15.3 Å². The minimum absolute atomic E-state index is 0.101. The zero-order valence-electron chi connectivity index (χ0n) is 11.0. The molecule has 104 valence electrons. The van der Waals surface area contributed by atoms with Gasteiger partial charge in [-0.25, -0.2) is 4.98 Å². The number of H-pyrrole nitrogens is 1. The van der Waals surface area contributed by atoms with Gasteiger partial charge in [-0.05, 0) is 31.5 Å². The Hall–Kier alpha value is -2.21. The van der Waals surface area contributed by atoms with Crippen LogP contribution in [0.15, 0.2) is 30.5 Å². The smallest absolute Gasteiger partial charge is 0.269 e. The molecule has 0 bridgehead atoms. The number of hydrogen-bond acceptors (Lipinski definition) is 4. The van der Waals surface area contributed by atoms with E-state index in [4.69, 9.17) is 0 Å². The van der Waals surface area contributed by atoms with E-state index >= 15 is 0 Å². The number of imidazole rings is 1. The van der Waals surface area contributed by atoms with Gasteiger partial charge in [-0.1, -0.05) is 0 Å². The van der Waals surface area contributed by atoms with Gasteiger partial charge >= 0.3 is 0 Å². The Morgan fingerprint density at radius 2 is 2.15 bits per heavy atom. The summed E-state index contributed by atoms with van der Waals surface area (Å²) >= 11 is 0. The third kappa shape index (κ3) is 2.70. The first-order valence-corrected chi connectivity index (χ1v) is 6.74.